The van der Waals surface area contributed by atoms with E-state index in [1.165, 1.54) is 6.07 Å². The smallest absolute Gasteiger partial charge is 0.412 e. The second-order valence-corrected chi connectivity index (χ2v) is 6.63. The normalized spacial score (nSPS) is 11.0. The molecule has 0 aromatic heterocycles. The maximum absolute atomic E-state index is 14.6. The maximum atomic E-state index is 14.6. The molecular weight excluding hydrogens is 365 g/mol. The van der Waals surface area contributed by atoms with Crippen LogP contribution in [-0.2, 0) is 4.74 Å². The van der Waals surface area contributed by atoms with E-state index in [0.29, 0.717) is 10.2 Å². The SMILES string of the molecule is CC(C)(C)OC(=O)Nc1ccc(Br)c(Oc2ccccc2)c1F. The Hall–Kier alpha value is -2.08. The van der Waals surface area contributed by atoms with Crippen molar-refractivity contribution in [3.05, 3.63) is 52.8 Å². The van der Waals surface area contributed by atoms with Crippen molar-refractivity contribution >= 4 is 27.7 Å². The molecule has 0 unspecified atom stereocenters. The van der Waals surface area contributed by atoms with Gasteiger partial charge in [0.2, 0.25) is 0 Å². The van der Waals surface area contributed by atoms with Gasteiger partial charge in [0.1, 0.15) is 11.4 Å². The van der Waals surface area contributed by atoms with Crippen molar-refractivity contribution in [2.45, 2.75) is 26.4 Å². The van der Waals surface area contributed by atoms with Crippen molar-refractivity contribution in [2.24, 2.45) is 0 Å². The van der Waals surface area contributed by atoms with Crippen molar-refractivity contribution in [2.75, 3.05) is 5.32 Å². The third kappa shape index (κ3) is 4.96. The van der Waals surface area contributed by atoms with Gasteiger partial charge in [-0.05, 0) is 61.0 Å². The number of hydrogen-bond donors (Lipinski definition) is 1. The fourth-order valence-corrected chi connectivity index (χ4v) is 2.13. The summed E-state index contributed by atoms with van der Waals surface area (Å²) < 4.78 is 25.7. The Morgan fingerprint density at radius 2 is 1.78 bits per heavy atom. The van der Waals surface area contributed by atoms with Crippen LogP contribution in [0.1, 0.15) is 20.8 Å². The molecule has 23 heavy (non-hydrogen) atoms. The molecule has 0 spiro atoms. The number of anilines is 1. The van der Waals surface area contributed by atoms with E-state index in [-0.39, 0.29) is 11.4 Å². The van der Waals surface area contributed by atoms with Crippen molar-refractivity contribution in [1.29, 1.82) is 0 Å². The Morgan fingerprint density at radius 3 is 2.39 bits per heavy atom. The molecular formula is C17H17BrFNO3. The van der Waals surface area contributed by atoms with Crippen molar-refractivity contribution in [1.82, 2.24) is 0 Å². The molecule has 2 rings (SSSR count). The number of carbonyl (C=O) groups is 1. The average molecular weight is 382 g/mol. The van der Waals surface area contributed by atoms with Crippen LogP contribution in [-0.4, -0.2) is 11.7 Å². The molecule has 1 amide bonds. The Kier molecular flexibility index (Phi) is 5.26. The van der Waals surface area contributed by atoms with Crippen LogP contribution >= 0.6 is 15.9 Å². The molecule has 2 aromatic carbocycles. The molecule has 0 bridgehead atoms. The van der Waals surface area contributed by atoms with Gasteiger partial charge in [-0.1, -0.05) is 18.2 Å². The van der Waals surface area contributed by atoms with Gasteiger partial charge in [-0.15, -0.1) is 0 Å². The van der Waals surface area contributed by atoms with Crippen LogP contribution in [0.4, 0.5) is 14.9 Å². The third-order valence-electron chi connectivity index (χ3n) is 2.65. The first-order chi connectivity index (χ1) is 10.8. The number of hydrogen-bond acceptors (Lipinski definition) is 3. The number of ether oxygens (including phenoxy) is 2. The van der Waals surface area contributed by atoms with Gasteiger partial charge in [0.05, 0.1) is 10.2 Å². The van der Waals surface area contributed by atoms with E-state index in [2.05, 4.69) is 21.2 Å². The quantitative estimate of drug-likeness (QED) is 0.738. The first-order valence-electron chi connectivity index (χ1n) is 6.97. The largest absolute Gasteiger partial charge is 0.453 e. The number of benzene rings is 2. The molecule has 0 heterocycles. The summed E-state index contributed by atoms with van der Waals surface area (Å²) in [5, 5.41) is 2.38. The van der Waals surface area contributed by atoms with E-state index in [1.54, 1.807) is 51.1 Å². The van der Waals surface area contributed by atoms with Crippen LogP contribution in [0, 0.1) is 5.82 Å². The Morgan fingerprint density at radius 1 is 1.13 bits per heavy atom. The highest BCUT2D eigenvalue weighted by Crippen LogP contribution is 2.36. The minimum absolute atomic E-state index is 0.00948. The van der Waals surface area contributed by atoms with Gasteiger partial charge in [0.15, 0.2) is 11.6 Å². The lowest BCUT2D eigenvalue weighted by atomic mass is 10.2. The van der Waals surface area contributed by atoms with E-state index in [9.17, 15) is 9.18 Å². The van der Waals surface area contributed by atoms with Crippen LogP contribution in [0.2, 0.25) is 0 Å². The Labute approximate surface area is 142 Å². The van der Waals surface area contributed by atoms with Crippen LogP contribution in [0.3, 0.4) is 0 Å². The number of para-hydroxylation sites is 1. The molecule has 1 N–H and O–H groups in total. The summed E-state index contributed by atoms with van der Waals surface area (Å²) in [7, 11) is 0. The highest BCUT2D eigenvalue weighted by Gasteiger charge is 2.20. The predicted octanol–water partition coefficient (Wildman–Crippen LogP) is 5.73. The second kappa shape index (κ2) is 7.00. The summed E-state index contributed by atoms with van der Waals surface area (Å²) in [4.78, 5) is 11.8. The molecule has 6 heteroatoms. The number of rotatable bonds is 3. The zero-order valence-electron chi connectivity index (χ0n) is 13.0. The maximum Gasteiger partial charge on any atom is 0.412 e. The van der Waals surface area contributed by atoms with Gasteiger partial charge in [-0.25, -0.2) is 9.18 Å². The zero-order valence-corrected chi connectivity index (χ0v) is 14.6. The van der Waals surface area contributed by atoms with E-state index in [0.717, 1.165) is 0 Å². The van der Waals surface area contributed by atoms with Crippen molar-refractivity contribution in [3.63, 3.8) is 0 Å². The minimum Gasteiger partial charge on any atom is -0.453 e. The highest BCUT2D eigenvalue weighted by molar-refractivity contribution is 9.10. The van der Waals surface area contributed by atoms with Gasteiger partial charge < -0.3 is 9.47 Å². The molecule has 2 aromatic rings. The topological polar surface area (TPSA) is 47.6 Å². The van der Waals surface area contributed by atoms with Crippen LogP contribution < -0.4 is 10.1 Å². The molecule has 0 fully saturated rings. The van der Waals surface area contributed by atoms with Gasteiger partial charge in [0.25, 0.3) is 0 Å². The molecule has 122 valence electrons. The van der Waals surface area contributed by atoms with E-state index < -0.39 is 17.5 Å². The molecule has 4 nitrogen and oxygen atoms in total. The Bertz CT molecular complexity index is 699. The van der Waals surface area contributed by atoms with Gasteiger partial charge >= 0.3 is 6.09 Å². The van der Waals surface area contributed by atoms with Crippen LogP contribution in [0.15, 0.2) is 46.9 Å². The molecule has 0 aliphatic rings. The monoisotopic (exact) mass is 381 g/mol. The first kappa shape index (κ1) is 17.3. The molecule has 0 saturated carbocycles. The number of nitrogens with one attached hydrogen (secondary N) is 1. The molecule has 0 aliphatic heterocycles. The van der Waals surface area contributed by atoms with Gasteiger partial charge in [-0.3, -0.25) is 5.32 Å². The second-order valence-electron chi connectivity index (χ2n) is 5.78. The summed E-state index contributed by atoms with van der Waals surface area (Å²) in [5.41, 5.74) is -0.687. The summed E-state index contributed by atoms with van der Waals surface area (Å²) in [6, 6.07) is 11.8. The zero-order chi connectivity index (χ0) is 17.0. The molecule has 0 aliphatic carbocycles. The lowest BCUT2D eigenvalue weighted by molar-refractivity contribution is 0.0635. The predicted molar refractivity (Wildman–Crippen MR) is 90.5 cm³/mol. The first-order valence-corrected chi connectivity index (χ1v) is 7.76. The summed E-state index contributed by atoms with van der Waals surface area (Å²) >= 11 is 3.24. The minimum atomic E-state index is -0.732. The third-order valence-corrected chi connectivity index (χ3v) is 3.27. The Balaban J connectivity index is 2.23. The van der Waals surface area contributed by atoms with Gasteiger partial charge in [-0.2, -0.15) is 0 Å². The number of carbonyl (C=O) groups excluding carboxylic acids is 1. The van der Waals surface area contributed by atoms with Gasteiger partial charge in [0, 0.05) is 0 Å². The standard InChI is InChI=1S/C17H17BrFNO3/c1-17(2,3)23-16(21)20-13-10-9-12(18)15(14(13)19)22-11-7-5-4-6-8-11/h4-10H,1-3H3,(H,20,21). The highest BCUT2D eigenvalue weighted by atomic mass is 79.9. The number of amides is 1. The van der Waals surface area contributed by atoms with E-state index in [4.69, 9.17) is 9.47 Å². The lowest BCUT2D eigenvalue weighted by Crippen LogP contribution is -2.27. The van der Waals surface area contributed by atoms with Crippen molar-refractivity contribution < 1.29 is 18.7 Å². The average Bonchev–Trinajstić information content (AvgIpc) is 2.46. The summed E-state index contributed by atoms with van der Waals surface area (Å²) in [5.74, 6) is -0.208. The lowest BCUT2D eigenvalue weighted by Gasteiger charge is -2.20. The fraction of sp³-hybridized carbons (Fsp3) is 0.235. The number of halogens is 2. The molecule has 0 atom stereocenters. The van der Waals surface area contributed by atoms with Crippen LogP contribution in [0.25, 0.3) is 0 Å². The van der Waals surface area contributed by atoms with E-state index in [1.807, 2.05) is 6.07 Å². The summed E-state index contributed by atoms with van der Waals surface area (Å²) in [6.07, 6.45) is -0.732. The summed E-state index contributed by atoms with van der Waals surface area (Å²) in [6.45, 7) is 5.19. The van der Waals surface area contributed by atoms with E-state index >= 15 is 0 Å². The molecule has 0 saturated heterocycles. The van der Waals surface area contributed by atoms with Crippen LogP contribution in [0.5, 0.6) is 11.5 Å². The fourth-order valence-electron chi connectivity index (χ4n) is 1.74. The van der Waals surface area contributed by atoms with Crippen molar-refractivity contribution in [3.8, 4) is 11.5 Å². The molecule has 0 radical (unpaired) electrons.